The number of carbonyl (C=O) groups excluding carboxylic acids is 1. The highest BCUT2D eigenvalue weighted by Crippen LogP contribution is 2.33. The molecule has 0 spiro atoms. The Morgan fingerprint density at radius 1 is 1.47 bits per heavy atom. The molecule has 1 aliphatic rings. The number of benzene rings is 1. The van der Waals surface area contributed by atoms with Gasteiger partial charge in [-0.3, -0.25) is 4.79 Å². The Morgan fingerprint density at radius 3 is 2.95 bits per heavy atom. The molecule has 2 atom stereocenters. The molecule has 2 N–H and O–H groups in total. The zero-order valence-corrected chi connectivity index (χ0v) is 10.5. The van der Waals surface area contributed by atoms with E-state index in [9.17, 15) is 9.18 Å². The number of nitrogens with two attached hydrogens (primary N) is 1. The topological polar surface area (TPSA) is 65.5 Å². The Kier molecular flexibility index (Phi) is 2.69. The Morgan fingerprint density at radius 2 is 2.26 bits per heavy atom. The number of ether oxygens (including phenoxy) is 1. The second kappa shape index (κ2) is 4.15. The average molecular weight is 263 g/mol. The van der Waals surface area contributed by atoms with Crippen LogP contribution >= 0.6 is 0 Å². The zero-order valence-electron chi connectivity index (χ0n) is 10.5. The molecule has 1 aliphatic heterocycles. The maximum Gasteiger partial charge on any atom is 0.207 e. The molecule has 2 aromatic rings. The Balaban J connectivity index is 2.02. The molecule has 2 heterocycles. The average Bonchev–Trinajstić information content (AvgIpc) is 2.93. The number of fused-ring (bicyclic) bond motifs is 1. The normalized spacial score (nSPS) is 27.0. The summed E-state index contributed by atoms with van der Waals surface area (Å²) in [4.78, 5) is 12.5. The van der Waals surface area contributed by atoms with E-state index in [0.717, 1.165) is 0 Å². The van der Waals surface area contributed by atoms with Crippen molar-refractivity contribution < 1.29 is 18.3 Å². The van der Waals surface area contributed by atoms with Gasteiger partial charge < -0.3 is 14.9 Å². The van der Waals surface area contributed by atoms with Gasteiger partial charge >= 0.3 is 0 Å². The van der Waals surface area contributed by atoms with E-state index < -0.39 is 5.41 Å². The Hall–Kier alpha value is -1.72. The van der Waals surface area contributed by atoms with Crippen molar-refractivity contribution in [2.45, 2.75) is 13.0 Å². The lowest BCUT2D eigenvalue weighted by molar-refractivity contribution is 0.0740. The summed E-state index contributed by atoms with van der Waals surface area (Å²) in [6.07, 6.45) is 0. The summed E-state index contributed by atoms with van der Waals surface area (Å²) in [5.41, 5.74) is 5.62. The molecule has 0 saturated carbocycles. The van der Waals surface area contributed by atoms with Crippen LogP contribution in [0.3, 0.4) is 0 Å². The molecule has 0 amide bonds. The molecule has 100 valence electrons. The predicted octanol–water partition coefficient (Wildman–Crippen LogP) is 2.12. The summed E-state index contributed by atoms with van der Waals surface area (Å²) in [6, 6.07) is 5.34. The number of furan rings is 1. The summed E-state index contributed by atoms with van der Waals surface area (Å²) in [6.45, 7) is 2.40. The molecule has 1 saturated heterocycles. The van der Waals surface area contributed by atoms with Crippen molar-refractivity contribution in [2.24, 2.45) is 11.1 Å². The van der Waals surface area contributed by atoms with Crippen LogP contribution in [0.15, 0.2) is 28.7 Å². The number of hydrogen-bond acceptors (Lipinski definition) is 4. The zero-order chi connectivity index (χ0) is 13.6. The van der Waals surface area contributed by atoms with Gasteiger partial charge in [0, 0.05) is 11.4 Å². The quantitative estimate of drug-likeness (QED) is 0.843. The van der Waals surface area contributed by atoms with Crippen molar-refractivity contribution in [3.05, 3.63) is 35.8 Å². The fraction of sp³-hybridized carbons (Fsp3) is 0.357. The van der Waals surface area contributed by atoms with Gasteiger partial charge in [-0.25, -0.2) is 4.39 Å². The van der Waals surface area contributed by atoms with Crippen molar-refractivity contribution in [3.8, 4) is 0 Å². The lowest BCUT2D eigenvalue weighted by Gasteiger charge is -2.23. The predicted molar refractivity (Wildman–Crippen MR) is 67.4 cm³/mol. The third-order valence-electron chi connectivity index (χ3n) is 3.74. The molecule has 5 heteroatoms. The van der Waals surface area contributed by atoms with E-state index in [1.54, 1.807) is 13.0 Å². The van der Waals surface area contributed by atoms with Crippen molar-refractivity contribution in [3.63, 3.8) is 0 Å². The molecule has 1 fully saturated rings. The fourth-order valence-electron chi connectivity index (χ4n) is 2.33. The minimum Gasteiger partial charge on any atom is -0.453 e. The molecular weight excluding hydrogens is 249 g/mol. The molecule has 3 rings (SSSR count). The Labute approximate surface area is 109 Å². The fourth-order valence-corrected chi connectivity index (χ4v) is 2.33. The first-order valence-corrected chi connectivity index (χ1v) is 6.08. The van der Waals surface area contributed by atoms with Crippen molar-refractivity contribution in [1.29, 1.82) is 0 Å². The second-order valence-corrected chi connectivity index (χ2v) is 5.16. The van der Waals surface area contributed by atoms with Crippen LogP contribution in [-0.2, 0) is 4.74 Å². The highest BCUT2D eigenvalue weighted by atomic mass is 19.1. The molecule has 1 aromatic heterocycles. The SMILES string of the molecule is CC1(C(=O)c2cc3cc(F)ccc3o2)COCC1N. The van der Waals surface area contributed by atoms with E-state index in [0.29, 0.717) is 17.6 Å². The van der Waals surface area contributed by atoms with Gasteiger partial charge in [0.1, 0.15) is 11.4 Å². The van der Waals surface area contributed by atoms with E-state index >= 15 is 0 Å². The molecule has 0 radical (unpaired) electrons. The van der Waals surface area contributed by atoms with Crippen molar-refractivity contribution >= 4 is 16.8 Å². The van der Waals surface area contributed by atoms with Crippen LogP contribution in [0, 0.1) is 11.2 Å². The molecule has 0 aliphatic carbocycles. The van der Waals surface area contributed by atoms with Gasteiger partial charge in [-0.15, -0.1) is 0 Å². The third-order valence-corrected chi connectivity index (χ3v) is 3.74. The molecule has 2 unspecified atom stereocenters. The van der Waals surface area contributed by atoms with Gasteiger partial charge in [-0.1, -0.05) is 0 Å². The van der Waals surface area contributed by atoms with E-state index in [1.165, 1.54) is 18.2 Å². The van der Waals surface area contributed by atoms with Crippen LogP contribution in [0.25, 0.3) is 11.0 Å². The van der Waals surface area contributed by atoms with Crippen LogP contribution < -0.4 is 5.73 Å². The van der Waals surface area contributed by atoms with E-state index in [4.69, 9.17) is 14.9 Å². The highest BCUT2D eigenvalue weighted by molar-refractivity contribution is 6.01. The van der Waals surface area contributed by atoms with Crippen LogP contribution in [-0.4, -0.2) is 25.0 Å². The van der Waals surface area contributed by atoms with Gasteiger partial charge in [-0.2, -0.15) is 0 Å². The standard InChI is InChI=1S/C14H14FNO3/c1-14(7-18-6-12(14)16)13(17)11-5-8-4-9(15)2-3-10(8)19-11/h2-5,12H,6-7,16H2,1H3. The van der Waals surface area contributed by atoms with Crippen molar-refractivity contribution in [1.82, 2.24) is 0 Å². The second-order valence-electron chi connectivity index (χ2n) is 5.16. The molecule has 4 nitrogen and oxygen atoms in total. The minimum atomic E-state index is -0.785. The summed E-state index contributed by atoms with van der Waals surface area (Å²) in [5, 5.41) is 0.569. The van der Waals surface area contributed by atoms with Crippen LogP contribution in [0.1, 0.15) is 17.5 Å². The largest absolute Gasteiger partial charge is 0.453 e. The summed E-state index contributed by atoms with van der Waals surface area (Å²) >= 11 is 0. The van der Waals surface area contributed by atoms with Gasteiger partial charge in [0.15, 0.2) is 5.76 Å². The molecule has 0 bridgehead atoms. The summed E-state index contributed by atoms with van der Waals surface area (Å²) in [5.74, 6) is -0.363. The molecule has 19 heavy (non-hydrogen) atoms. The number of Topliss-reactive ketones (excluding diaryl/α,β-unsaturated/α-hetero) is 1. The summed E-state index contributed by atoms with van der Waals surface area (Å²) in [7, 11) is 0. The van der Waals surface area contributed by atoms with E-state index in [1.807, 2.05) is 0 Å². The maximum absolute atomic E-state index is 13.1. The first kappa shape index (κ1) is 12.3. The monoisotopic (exact) mass is 263 g/mol. The molecule has 1 aromatic carbocycles. The molecular formula is C14H14FNO3. The van der Waals surface area contributed by atoms with Crippen LogP contribution in [0.4, 0.5) is 4.39 Å². The van der Waals surface area contributed by atoms with Gasteiger partial charge in [-0.05, 0) is 31.2 Å². The first-order chi connectivity index (χ1) is 9.00. The van der Waals surface area contributed by atoms with Gasteiger partial charge in [0.05, 0.1) is 18.6 Å². The first-order valence-electron chi connectivity index (χ1n) is 6.08. The highest BCUT2D eigenvalue weighted by Gasteiger charge is 2.45. The maximum atomic E-state index is 13.1. The number of hydrogen-bond donors (Lipinski definition) is 1. The van der Waals surface area contributed by atoms with Crippen LogP contribution in [0.5, 0.6) is 0 Å². The number of halogens is 1. The number of carbonyl (C=O) groups is 1. The lowest BCUT2D eigenvalue weighted by atomic mass is 9.80. The summed E-state index contributed by atoms with van der Waals surface area (Å²) < 4.78 is 23.9. The number of ketones is 1. The minimum absolute atomic E-state index is 0.198. The van der Waals surface area contributed by atoms with Crippen LogP contribution in [0.2, 0.25) is 0 Å². The van der Waals surface area contributed by atoms with Crippen molar-refractivity contribution in [2.75, 3.05) is 13.2 Å². The third kappa shape index (κ3) is 1.86. The van der Waals surface area contributed by atoms with E-state index in [2.05, 4.69) is 0 Å². The number of rotatable bonds is 2. The van der Waals surface area contributed by atoms with E-state index in [-0.39, 0.29) is 30.0 Å². The van der Waals surface area contributed by atoms with Gasteiger partial charge in [0.25, 0.3) is 0 Å². The smallest absolute Gasteiger partial charge is 0.207 e. The van der Waals surface area contributed by atoms with Gasteiger partial charge in [0.2, 0.25) is 5.78 Å². The lowest BCUT2D eigenvalue weighted by Crippen LogP contribution is -2.44. The Bertz CT molecular complexity index is 651.